The predicted octanol–water partition coefficient (Wildman–Crippen LogP) is 7.42. The van der Waals surface area contributed by atoms with Crippen molar-refractivity contribution >= 4 is 23.1 Å². The molecule has 0 saturated heterocycles. The highest BCUT2D eigenvalue weighted by Gasteiger charge is 2.41. The van der Waals surface area contributed by atoms with Gasteiger partial charge in [0, 0.05) is 11.0 Å². The van der Waals surface area contributed by atoms with Crippen molar-refractivity contribution in [2.45, 2.75) is 0 Å². The van der Waals surface area contributed by atoms with Gasteiger partial charge < -0.3 is 9.47 Å². The Morgan fingerprint density at radius 3 is 1.44 bits per heavy atom. The first-order valence-electron chi connectivity index (χ1n) is 13.3. The van der Waals surface area contributed by atoms with Crippen LogP contribution in [0.1, 0.15) is 0 Å². The molecule has 2 aliphatic heterocycles. The molecule has 8 rings (SSSR count). The van der Waals surface area contributed by atoms with E-state index < -0.39 is 0 Å². The van der Waals surface area contributed by atoms with Crippen LogP contribution in [0.25, 0.3) is 33.4 Å². The Morgan fingerprint density at radius 1 is 0.385 bits per heavy atom. The number of hydrogen-bond acceptors (Lipinski definition) is 2. The molecule has 182 valence electrons. The molecule has 0 saturated carbocycles. The van der Waals surface area contributed by atoms with Gasteiger partial charge >= 0.3 is 0 Å². The lowest BCUT2D eigenvalue weighted by atomic mass is 9.34. The van der Waals surface area contributed by atoms with Crippen LogP contribution < -0.4 is 25.9 Å². The molecular weight excluding hydrogens is 475 g/mol. The molecule has 0 unspecified atom stereocenters. The molecule has 2 nitrogen and oxygen atoms in total. The zero-order valence-electron chi connectivity index (χ0n) is 21.2. The van der Waals surface area contributed by atoms with E-state index >= 15 is 0 Å². The summed E-state index contributed by atoms with van der Waals surface area (Å²) in [5.74, 6) is 3.51. The normalized spacial score (nSPS) is 12.5. The molecule has 2 aliphatic rings. The number of rotatable bonds is 3. The zero-order chi connectivity index (χ0) is 25.8. The molecule has 39 heavy (non-hydrogen) atoms. The Balaban J connectivity index is 1.38. The van der Waals surface area contributed by atoms with Crippen LogP contribution in [0.5, 0.6) is 23.0 Å². The molecule has 0 spiro atoms. The Kier molecular flexibility index (Phi) is 4.96. The van der Waals surface area contributed by atoms with Gasteiger partial charge in [-0.1, -0.05) is 115 Å². The van der Waals surface area contributed by atoms with Gasteiger partial charge in [-0.15, -0.1) is 0 Å². The van der Waals surface area contributed by atoms with E-state index in [-0.39, 0.29) is 6.71 Å². The molecule has 6 aromatic rings. The molecule has 0 N–H and O–H groups in total. The summed E-state index contributed by atoms with van der Waals surface area (Å²) in [6.07, 6.45) is 0. The van der Waals surface area contributed by atoms with Gasteiger partial charge in [0.05, 0.1) is 0 Å². The summed E-state index contributed by atoms with van der Waals surface area (Å²) < 4.78 is 13.3. The lowest BCUT2D eigenvalue weighted by Crippen LogP contribution is -2.57. The van der Waals surface area contributed by atoms with Crippen molar-refractivity contribution in [3.63, 3.8) is 0 Å². The molecule has 3 heteroatoms. The Hall–Kier alpha value is -5.02. The first-order valence-corrected chi connectivity index (χ1v) is 13.3. The number of hydrogen-bond donors (Lipinski definition) is 0. The lowest BCUT2D eigenvalue weighted by molar-refractivity contribution is 0.465. The van der Waals surface area contributed by atoms with Crippen LogP contribution in [0.2, 0.25) is 0 Å². The summed E-state index contributed by atoms with van der Waals surface area (Å²) in [6, 6.07) is 48.9. The van der Waals surface area contributed by atoms with Gasteiger partial charge in [0.1, 0.15) is 23.0 Å². The van der Waals surface area contributed by atoms with E-state index in [1.54, 1.807) is 0 Å². The summed E-state index contributed by atoms with van der Waals surface area (Å²) in [4.78, 5) is 0. The largest absolute Gasteiger partial charge is 0.458 e. The molecule has 0 atom stereocenters. The molecule has 0 amide bonds. The van der Waals surface area contributed by atoms with Gasteiger partial charge in [0.25, 0.3) is 6.71 Å². The van der Waals surface area contributed by atoms with Crippen molar-refractivity contribution in [3.8, 4) is 56.4 Å². The minimum Gasteiger partial charge on any atom is -0.458 e. The number of fused-ring (bicyclic) bond motifs is 4. The minimum atomic E-state index is -0.0153. The van der Waals surface area contributed by atoms with Crippen LogP contribution in [0.4, 0.5) is 0 Å². The lowest BCUT2D eigenvalue weighted by Gasteiger charge is -2.34. The van der Waals surface area contributed by atoms with E-state index in [1.165, 1.54) is 22.3 Å². The van der Waals surface area contributed by atoms with E-state index in [2.05, 4.69) is 133 Å². The summed E-state index contributed by atoms with van der Waals surface area (Å²) in [6.45, 7) is -0.0153. The summed E-state index contributed by atoms with van der Waals surface area (Å²) in [7, 11) is 0. The van der Waals surface area contributed by atoms with Crippen molar-refractivity contribution in [2.24, 2.45) is 0 Å². The second-order valence-corrected chi connectivity index (χ2v) is 10.1. The zero-order valence-corrected chi connectivity index (χ0v) is 21.2. The van der Waals surface area contributed by atoms with E-state index in [1.807, 2.05) is 6.07 Å². The highest BCUT2D eigenvalue weighted by Crippen LogP contribution is 2.41. The number of ether oxygens (including phenoxy) is 2. The monoisotopic (exact) mass is 498 g/mol. The third-order valence-electron chi connectivity index (χ3n) is 7.82. The summed E-state index contributed by atoms with van der Waals surface area (Å²) in [5, 5.41) is 0. The van der Waals surface area contributed by atoms with Crippen LogP contribution in [-0.4, -0.2) is 6.71 Å². The standard InChI is InChI=1S/C36H23BO2/c1-4-10-24(11-5-1)27-16-19-32-30(22-27)37-31-23-28(25-12-6-2-7-13-25)17-20-33(31)39-36-29(26-14-8-3-9-15-26)18-21-34(38-32)35(36)37/h1-23H. The smallest absolute Gasteiger partial charge is 0.260 e. The maximum atomic E-state index is 6.75. The van der Waals surface area contributed by atoms with Crippen molar-refractivity contribution in [2.75, 3.05) is 0 Å². The Bertz CT molecular complexity index is 1800. The average Bonchev–Trinajstić information content (AvgIpc) is 3.02. The van der Waals surface area contributed by atoms with Crippen LogP contribution in [0, 0.1) is 0 Å². The molecule has 2 heterocycles. The topological polar surface area (TPSA) is 18.5 Å². The van der Waals surface area contributed by atoms with Gasteiger partial charge in [-0.2, -0.15) is 0 Å². The van der Waals surface area contributed by atoms with Crippen molar-refractivity contribution in [3.05, 3.63) is 140 Å². The molecule has 0 fully saturated rings. The van der Waals surface area contributed by atoms with Gasteiger partial charge in [-0.05, 0) is 63.0 Å². The fourth-order valence-electron chi connectivity index (χ4n) is 5.96. The van der Waals surface area contributed by atoms with E-state index in [0.29, 0.717) is 0 Å². The van der Waals surface area contributed by atoms with E-state index in [4.69, 9.17) is 9.47 Å². The minimum absolute atomic E-state index is 0.0153. The first-order chi connectivity index (χ1) is 19.3. The SMILES string of the molecule is c1ccc(-c2ccc3c(c2)B2c4cc(-c5ccccc5)ccc4Oc4c(-c5ccccc5)ccc(c42)O3)cc1. The van der Waals surface area contributed by atoms with Crippen LogP contribution in [0.15, 0.2) is 140 Å². The second-order valence-electron chi connectivity index (χ2n) is 10.1. The maximum Gasteiger partial charge on any atom is 0.260 e. The molecule has 0 bridgehead atoms. The first kappa shape index (κ1) is 22.0. The highest BCUT2D eigenvalue weighted by atomic mass is 16.5. The van der Waals surface area contributed by atoms with Crippen molar-refractivity contribution < 1.29 is 9.47 Å². The maximum absolute atomic E-state index is 6.75. The van der Waals surface area contributed by atoms with Crippen molar-refractivity contribution in [1.82, 2.24) is 0 Å². The Labute approximate surface area is 228 Å². The van der Waals surface area contributed by atoms with Gasteiger partial charge in [0.15, 0.2) is 0 Å². The molecule has 0 aromatic heterocycles. The molecule has 6 aromatic carbocycles. The van der Waals surface area contributed by atoms with Gasteiger partial charge in [-0.3, -0.25) is 0 Å². The summed E-state index contributed by atoms with van der Waals surface area (Å²) in [5.41, 5.74) is 10.3. The van der Waals surface area contributed by atoms with E-state index in [0.717, 1.165) is 50.5 Å². The average molecular weight is 498 g/mol. The molecule has 0 aliphatic carbocycles. The third kappa shape index (κ3) is 3.59. The molecule has 0 radical (unpaired) electrons. The highest BCUT2D eigenvalue weighted by molar-refractivity contribution is 6.98. The fraction of sp³-hybridized carbons (Fsp3) is 0. The van der Waals surface area contributed by atoms with Crippen LogP contribution in [-0.2, 0) is 0 Å². The molecular formula is C36H23BO2. The quantitative estimate of drug-likeness (QED) is 0.236. The van der Waals surface area contributed by atoms with Crippen molar-refractivity contribution in [1.29, 1.82) is 0 Å². The van der Waals surface area contributed by atoms with E-state index in [9.17, 15) is 0 Å². The fourth-order valence-corrected chi connectivity index (χ4v) is 5.96. The third-order valence-corrected chi connectivity index (χ3v) is 7.82. The summed E-state index contributed by atoms with van der Waals surface area (Å²) >= 11 is 0. The predicted molar refractivity (Wildman–Crippen MR) is 160 cm³/mol. The van der Waals surface area contributed by atoms with Gasteiger partial charge in [-0.25, -0.2) is 0 Å². The van der Waals surface area contributed by atoms with Crippen LogP contribution in [0.3, 0.4) is 0 Å². The van der Waals surface area contributed by atoms with Gasteiger partial charge in [0.2, 0.25) is 0 Å². The number of benzene rings is 6. The van der Waals surface area contributed by atoms with Crippen LogP contribution >= 0.6 is 0 Å². The second kappa shape index (κ2) is 8.78. The Morgan fingerprint density at radius 2 is 0.872 bits per heavy atom.